The third-order valence-electron chi connectivity index (χ3n) is 5.09. The van der Waals surface area contributed by atoms with Gasteiger partial charge in [-0.15, -0.1) is 21.5 Å². The summed E-state index contributed by atoms with van der Waals surface area (Å²) in [4.78, 5) is 17.3. The molecule has 1 saturated heterocycles. The van der Waals surface area contributed by atoms with Gasteiger partial charge in [0.05, 0.1) is 4.88 Å². The van der Waals surface area contributed by atoms with E-state index < -0.39 is 0 Å². The number of amides is 1. The van der Waals surface area contributed by atoms with E-state index in [0.717, 1.165) is 36.6 Å². The summed E-state index contributed by atoms with van der Waals surface area (Å²) >= 11 is 1.50. The fourth-order valence-corrected chi connectivity index (χ4v) is 4.28. The predicted molar refractivity (Wildman–Crippen MR) is 102 cm³/mol. The zero-order chi connectivity index (χ0) is 17.8. The average molecular weight is 372 g/mol. The van der Waals surface area contributed by atoms with Gasteiger partial charge in [-0.1, -0.05) is 12.5 Å². The molecule has 1 aliphatic heterocycles. The molecule has 0 N–H and O–H groups in total. The van der Waals surface area contributed by atoms with Crippen molar-refractivity contribution in [2.45, 2.75) is 38.2 Å². The minimum Gasteiger partial charge on any atom is -0.473 e. The van der Waals surface area contributed by atoms with Gasteiger partial charge in [0.15, 0.2) is 5.82 Å². The SMILES string of the molecule is O=C(c1cccs1)N1CCN(c2ccc(OC3CCCCC3)nn2)CC1. The van der Waals surface area contributed by atoms with Crippen molar-refractivity contribution in [3.63, 3.8) is 0 Å². The van der Waals surface area contributed by atoms with Crippen LogP contribution in [0, 0.1) is 0 Å². The van der Waals surface area contributed by atoms with Crippen LogP contribution in [0.1, 0.15) is 41.8 Å². The van der Waals surface area contributed by atoms with Gasteiger partial charge in [0.25, 0.3) is 5.91 Å². The second-order valence-electron chi connectivity index (χ2n) is 6.86. The molecule has 2 aromatic heterocycles. The first kappa shape index (κ1) is 17.3. The van der Waals surface area contributed by atoms with Crippen molar-refractivity contribution in [1.29, 1.82) is 0 Å². The Morgan fingerprint density at radius 2 is 1.85 bits per heavy atom. The number of hydrogen-bond acceptors (Lipinski definition) is 6. The summed E-state index contributed by atoms with van der Waals surface area (Å²) in [5.74, 6) is 1.60. The molecule has 0 aromatic carbocycles. The fraction of sp³-hybridized carbons (Fsp3) is 0.526. The highest BCUT2D eigenvalue weighted by atomic mass is 32.1. The van der Waals surface area contributed by atoms with E-state index in [-0.39, 0.29) is 12.0 Å². The van der Waals surface area contributed by atoms with E-state index in [2.05, 4.69) is 15.1 Å². The lowest BCUT2D eigenvalue weighted by Gasteiger charge is -2.35. The fourth-order valence-electron chi connectivity index (χ4n) is 3.59. The Hall–Kier alpha value is -2.15. The number of aromatic nitrogens is 2. The molecule has 7 heteroatoms. The summed E-state index contributed by atoms with van der Waals surface area (Å²) in [7, 11) is 0. The lowest BCUT2D eigenvalue weighted by Crippen LogP contribution is -2.48. The van der Waals surface area contributed by atoms with Gasteiger partial charge in [0.2, 0.25) is 5.88 Å². The molecule has 1 aliphatic carbocycles. The standard InChI is InChI=1S/C19H24N4O2S/c24-19(16-7-4-14-26-16)23-12-10-22(11-13-23)17-8-9-18(21-20-17)25-15-5-2-1-3-6-15/h4,7-9,14-15H,1-3,5-6,10-13H2. The summed E-state index contributed by atoms with van der Waals surface area (Å²) in [6.45, 7) is 2.96. The molecule has 0 radical (unpaired) electrons. The molecule has 26 heavy (non-hydrogen) atoms. The van der Waals surface area contributed by atoms with Crippen molar-refractivity contribution in [3.8, 4) is 5.88 Å². The molecule has 4 rings (SSSR count). The summed E-state index contributed by atoms with van der Waals surface area (Å²) in [6, 6.07) is 7.69. The number of thiophene rings is 1. The van der Waals surface area contributed by atoms with E-state index in [4.69, 9.17) is 4.74 Å². The zero-order valence-corrected chi connectivity index (χ0v) is 15.7. The normalized spacial score (nSPS) is 18.8. The van der Waals surface area contributed by atoms with Crippen molar-refractivity contribution in [2.24, 2.45) is 0 Å². The molecule has 2 aromatic rings. The molecule has 2 aliphatic rings. The minimum atomic E-state index is 0.127. The molecule has 0 bridgehead atoms. The molecule has 0 atom stereocenters. The smallest absolute Gasteiger partial charge is 0.264 e. The predicted octanol–water partition coefficient (Wildman–Crippen LogP) is 3.21. The second kappa shape index (κ2) is 8.03. The number of rotatable bonds is 4. The third-order valence-corrected chi connectivity index (χ3v) is 5.95. The van der Waals surface area contributed by atoms with E-state index in [9.17, 15) is 4.79 Å². The van der Waals surface area contributed by atoms with Gasteiger partial charge in [-0.2, -0.15) is 0 Å². The molecule has 0 spiro atoms. The maximum Gasteiger partial charge on any atom is 0.264 e. The summed E-state index contributed by atoms with van der Waals surface area (Å²) < 4.78 is 5.94. The molecule has 2 fully saturated rings. The average Bonchev–Trinajstić information content (AvgIpc) is 3.24. The van der Waals surface area contributed by atoms with Gasteiger partial charge in [-0.3, -0.25) is 4.79 Å². The lowest BCUT2D eigenvalue weighted by molar-refractivity contribution is 0.0751. The highest BCUT2D eigenvalue weighted by molar-refractivity contribution is 7.12. The quantitative estimate of drug-likeness (QED) is 0.825. The van der Waals surface area contributed by atoms with Crippen LogP contribution in [0.4, 0.5) is 5.82 Å². The van der Waals surface area contributed by atoms with Crippen LogP contribution < -0.4 is 9.64 Å². The molecule has 138 valence electrons. The number of hydrogen-bond donors (Lipinski definition) is 0. The van der Waals surface area contributed by atoms with E-state index in [0.29, 0.717) is 19.0 Å². The number of carbonyl (C=O) groups excluding carboxylic acids is 1. The summed E-state index contributed by atoms with van der Waals surface area (Å²) in [5, 5.41) is 10.5. The van der Waals surface area contributed by atoms with Crippen molar-refractivity contribution >= 4 is 23.1 Å². The number of carbonyl (C=O) groups is 1. The van der Waals surface area contributed by atoms with Crippen LogP contribution in [0.15, 0.2) is 29.6 Å². The van der Waals surface area contributed by atoms with Crippen LogP contribution in [-0.4, -0.2) is 53.3 Å². The van der Waals surface area contributed by atoms with Crippen molar-refractivity contribution in [1.82, 2.24) is 15.1 Å². The van der Waals surface area contributed by atoms with Crippen LogP contribution >= 0.6 is 11.3 Å². The van der Waals surface area contributed by atoms with Crippen LogP contribution in [0.25, 0.3) is 0 Å². The third kappa shape index (κ3) is 3.98. The maximum atomic E-state index is 12.4. The molecular weight excluding hydrogens is 348 g/mol. The number of nitrogens with zero attached hydrogens (tertiary/aromatic N) is 4. The Morgan fingerprint density at radius 3 is 2.50 bits per heavy atom. The van der Waals surface area contributed by atoms with Crippen molar-refractivity contribution in [3.05, 3.63) is 34.5 Å². The first-order chi connectivity index (χ1) is 12.8. The topological polar surface area (TPSA) is 58.6 Å². The first-order valence-corrected chi connectivity index (χ1v) is 10.3. The second-order valence-corrected chi connectivity index (χ2v) is 7.81. The molecule has 1 saturated carbocycles. The van der Waals surface area contributed by atoms with Gasteiger partial charge in [0, 0.05) is 32.2 Å². The van der Waals surface area contributed by atoms with Gasteiger partial charge in [-0.05, 0) is 43.2 Å². The Labute approximate surface area is 157 Å². The van der Waals surface area contributed by atoms with E-state index in [1.165, 1.54) is 30.6 Å². The molecular formula is C19H24N4O2S. The molecule has 3 heterocycles. The van der Waals surface area contributed by atoms with Crippen molar-refractivity contribution in [2.75, 3.05) is 31.1 Å². The van der Waals surface area contributed by atoms with Gasteiger partial charge in [0.1, 0.15) is 6.10 Å². The van der Waals surface area contributed by atoms with Crippen LogP contribution in [0.5, 0.6) is 5.88 Å². The Morgan fingerprint density at radius 1 is 1.04 bits per heavy atom. The summed E-state index contributed by atoms with van der Waals surface area (Å²) in [6.07, 6.45) is 6.31. The van der Waals surface area contributed by atoms with Crippen LogP contribution in [-0.2, 0) is 0 Å². The Balaban J connectivity index is 1.30. The number of piperazine rings is 1. The molecule has 0 unspecified atom stereocenters. The Bertz CT molecular complexity index is 706. The van der Waals surface area contributed by atoms with Crippen LogP contribution in [0.2, 0.25) is 0 Å². The zero-order valence-electron chi connectivity index (χ0n) is 14.8. The van der Waals surface area contributed by atoms with Gasteiger partial charge >= 0.3 is 0 Å². The van der Waals surface area contributed by atoms with Crippen molar-refractivity contribution < 1.29 is 9.53 Å². The highest BCUT2D eigenvalue weighted by Crippen LogP contribution is 2.23. The molecule has 6 nitrogen and oxygen atoms in total. The van der Waals surface area contributed by atoms with E-state index in [1.807, 2.05) is 34.5 Å². The van der Waals surface area contributed by atoms with E-state index in [1.54, 1.807) is 0 Å². The van der Waals surface area contributed by atoms with Gasteiger partial charge < -0.3 is 14.5 Å². The maximum absolute atomic E-state index is 12.4. The monoisotopic (exact) mass is 372 g/mol. The largest absolute Gasteiger partial charge is 0.473 e. The lowest BCUT2D eigenvalue weighted by atomic mass is 9.98. The first-order valence-electron chi connectivity index (χ1n) is 9.38. The van der Waals surface area contributed by atoms with Crippen LogP contribution in [0.3, 0.4) is 0 Å². The summed E-state index contributed by atoms with van der Waals surface area (Å²) in [5.41, 5.74) is 0. The molecule has 1 amide bonds. The van der Waals surface area contributed by atoms with Gasteiger partial charge in [-0.25, -0.2) is 0 Å². The number of anilines is 1. The highest BCUT2D eigenvalue weighted by Gasteiger charge is 2.23. The Kier molecular flexibility index (Phi) is 5.34. The number of ether oxygens (including phenoxy) is 1. The van der Waals surface area contributed by atoms with E-state index >= 15 is 0 Å². The minimum absolute atomic E-state index is 0.127.